The summed E-state index contributed by atoms with van der Waals surface area (Å²) in [6, 6.07) is 9.06. The second-order valence-corrected chi connectivity index (χ2v) is 6.57. The predicted molar refractivity (Wildman–Crippen MR) is 88.5 cm³/mol. The summed E-state index contributed by atoms with van der Waals surface area (Å²) in [7, 11) is 0. The summed E-state index contributed by atoms with van der Waals surface area (Å²) in [5.41, 5.74) is 2.31. The van der Waals surface area contributed by atoms with Crippen LogP contribution in [0.4, 0.5) is 0 Å². The lowest BCUT2D eigenvalue weighted by molar-refractivity contribution is 0.315. The van der Waals surface area contributed by atoms with Gasteiger partial charge in [-0.3, -0.25) is 0 Å². The van der Waals surface area contributed by atoms with Crippen LogP contribution in [0.25, 0.3) is 11.0 Å². The summed E-state index contributed by atoms with van der Waals surface area (Å²) in [5.74, 6) is 2.75. The molecule has 1 heterocycles. The van der Waals surface area contributed by atoms with Crippen LogP contribution >= 0.6 is 0 Å². The molecule has 0 spiro atoms. The zero-order chi connectivity index (χ0) is 14.8. The third-order valence-corrected chi connectivity index (χ3v) is 5.05. The standard InChI is InChI=1S/C19H27NO/c1-4-14-7-8-15(11-14)19(20-5-2)18-12-16-10-13(3)6-9-17(16)21-18/h6,9-10,12,14-15,19-20H,4-5,7-8,11H2,1-3H3. The Kier molecular flexibility index (Phi) is 4.34. The summed E-state index contributed by atoms with van der Waals surface area (Å²) < 4.78 is 6.16. The fraction of sp³-hybridized carbons (Fsp3) is 0.579. The molecule has 2 aromatic rings. The first kappa shape index (κ1) is 14.6. The SMILES string of the molecule is CCNC(c1cc2cc(C)ccc2o1)C1CCC(CC)C1. The summed E-state index contributed by atoms with van der Waals surface area (Å²) in [6.45, 7) is 7.63. The van der Waals surface area contributed by atoms with Crippen LogP contribution in [0.1, 0.15) is 56.9 Å². The van der Waals surface area contributed by atoms with Crippen molar-refractivity contribution in [2.75, 3.05) is 6.54 Å². The van der Waals surface area contributed by atoms with Crippen molar-refractivity contribution in [3.8, 4) is 0 Å². The third kappa shape index (κ3) is 3.01. The monoisotopic (exact) mass is 285 g/mol. The first-order chi connectivity index (χ1) is 10.2. The van der Waals surface area contributed by atoms with Crippen molar-refractivity contribution in [1.29, 1.82) is 0 Å². The molecule has 1 fully saturated rings. The van der Waals surface area contributed by atoms with Crippen molar-refractivity contribution in [2.45, 2.75) is 52.5 Å². The Balaban J connectivity index is 1.88. The van der Waals surface area contributed by atoms with Gasteiger partial charge in [0, 0.05) is 5.39 Å². The number of benzene rings is 1. The van der Waals surface area contributed by atoms with Crippen LogP contribution in [0, 0.1) is 18.8 Å². The van der Waals surface area contributed by atoms with E-state index in [-0.39, 0.29) is 0 Å². The lowest BCUT2D eigenvalue weighted by atomic mass is 9.94. The second-order valence-electron chi connectivity index (χ2n) is 6.57. The highest BCUT2D eigenvalue weighted by atomic mass is 16.3. The molecule has 3 unspecified atom stereocenters. The number of hydrogen-bond donors (Lipinski definition) is 1. The normalized spacial score (nSPS) is 23.8. The van der Waals surface area contributed by atoms with Crippen molar-refractivity contribution < 1.29 is 4.42 Å². The quantitative estimate of drug-likeness (QED) is 0.815. The molecule has 2 nitrogen and oxygen atoms in total. The summed E-state index contributed by atoms with van der Waals surface area (Å²) >= 11 is 0. The van der Waals surface area contributed by atoms with Gasteiger partial charge < -0.3 is 9.73 Å². The largest absolute Gasteiger partial charge is 0.459 e. The predicted octanol–water partition coefficient (Wildman–Crippen LogP) is 5.22. The third-order valence-electron chi connectivity index (χ3n) is 5.05. The van der Waals surface area contributed by atoms with Crippen molar-refractivity contribution in [2.24, 2.45) is 11.8 Å². The molecule has 3 rings (SSSR count). The van der Waals surface area contributed by atoms with Crippen molar-refractivity contribution >= 4 is 11.0 Å². The van der Waals surface area contributed by atoms with Crippen LogP contribution in [-0.2, 0) is 0 Å². The van der Waals surface area contributed by atoms with Crippen LogP contribution in [0.5, 0.6) is 0 Å². The van der Waals surface area contributed by atoms with E-state index in [0.717, 1.165) is 29.7 Å². The van der Waals surface area contributed by atoms with Gasteiger partial charge >= 0.3 is 0 Å². The van der Waals surface area contributed by atoms with Crippen molar-refractivity contribution in [3.05, 3.63) is 35.6 Å². The fourth-order valence-corrected chi connectivity index (χ4v) is 3.84. The Bertz CT molecular complexity index is 601. The molecular formula is C19H27NO. The first-order valence-electron chi connectivity index (χ1n) is 8.44. The molecule has 1 aliphatic carbocycles. The Morgan fingerprint density at radius 1 is 1.24 bits per heavy atom. The van der Waals surface area contributed by atoms with Gasteiger partial charge in [-0.1, -0.05) is 38.3 Å². The summed E-state index contributed by atoms with van der Waals surface area (Å²) in [4.78, 5) is 0. The van der Waals surface area contributed by atoms with Gasteiger partial charge in [0.25, 0.3) is 0 Å². The Hall–Kier alpha value is -1.28. The fourth-order valence-electron chi connectivity index (χ4n) is 3.84. The van der Waals surface area contributed by atoms with Crippen LogP contribution in [-0.4, -0.2) is 6.54 Å². The number of fused-ring (bicyclic) bond motifs is 1. The maximum absolute atomic E-state index is 6.16. The lowest BCUT2D eigenvalue weighted by Gasteiger charge is -2.22. The van der Waals surface area contributed by atoms with Crippen LogP contribution < -0.4 is 5.32 Å². The molecule has 0 amide bonds. The molecule has 0 radical (unpaired) electrons. The van der Waals surface area contributed by atoms with Crippen LogP contribution in [0.2, 0.25) is 0 Å². The summed E-state index contributed by atoms with van der Waals surface area (Å²) in [6.07, 6.45) is 5.35. The number of nitrogens with one attached hydrogen (secondary N) is 1. The van der Waals surface area contributed by atoms with Gasteiger partial charge in [-0.15, -0.1) is 0 Å². The number of furan rings is 1. The average molecular weight is 285 g/mol. The van der Waals surface area contributed by atoms with Gasteiger partial charge in [-0.2, -0.15) is 0 Å². The minimum Gasteiger partial charge on any atom is -0.459 e. The molecule has 0 aliphatic heterocycles. The van der Waals surface area contributed by atoms with Crippen molar-refractivity contribution in [3.63, 3.8) is 0 Å². The first-order valence-corrected chi connectivity index (χ1v) is 8.44. The van der Waals surface area contributed by atoms with Gasteiger partial charge in [-0.25, -0.2) is 0 Å². The van der Waals surface area contributed by atoms with Gasteiger partial charge in [-0.05, 0) is 56.3 Å². The molecular weight excluding hydrogens is 258 g/mol. The van der Waals surface area contributed by atoms with E-state index in [1.54, 1.807) is 0 Å². The Labute approximate surface area is 127 Å². The number of aryl methyl sites for hydroxylation is 1. The second kappa shape index (κ2) is 6.23. The highest BCUT2D eigenvalue weighted by molar-refractivity contribution is 5.78. The maximum Gasteiger partial charge on any atom is 0.134 e. The molecule has 114 valence electrons. The minimum absolute atomic E-state index is 0.374. The Morgan fingerprint density at radius 3 is 2.81 bits per heavy atom. The van der Waals surface area contributed by atoms with Gasteiger partial charge in [0.05, 0.1) is 6.04 Å². The molecule has 0 saturated heterocycles. The maximum atomic E-state index is 6.16. The molecule has 1 aromatic carbocycles. The smallest absolute Gasteiger partial charge is 0.134 e. The van der Waals surface area contributed by atoms with E-state index in [9.17, 15) is 0 Å². The zero-order valence-corrected chi connectivity index (χ0v) is 13.5. The van der Waals surface area contributed by atoms with Gasteiger partial charge in [0.1, 0.15) is 11.3 Å². The molecule has 1 aliphatic rings. The number of hydrogen-bond acceptors (Lipinski definition) is 2. The minimum atomic E-state index is 0.374. The molecule has 0 bridgehead atoms. The van der Waals surface area contributed by atoms with Crippen LogP contribution in [0.15, 0.2) is 28.7 Å². The van der Waals surface area contributed by atoms with E-state index in [0.29, 0.717) is 6.04 Å². The number of rotatable bonds is 5. The highest BCUT2D eigenvalue weighted by Crippen LogP contribution is 2.41. The average Bonchev–Trinajstić information content (AvgIpc) is 3.10. The van der Waals surface area contributed by atoms with E-state index >= 15 is 0 Å². The molecule has 21 heavy (non-hydrogen) atoms. The molecule has 1 saturated carbocycles. The van der Waals surface area contributed by atoms with E-state index in [1.807, 2.05) is 0 Å². The van der Waals surface area contributed by atoms with Crippen LogP contribution in [0.3, 0.4) is 0 Å². The van der Waals surface area contributed by atoms with E-state index < -0.39 is 0 Å². The van der Waals surface area contributed by atoms with E-state index in [4.69, 9.17) is 4.42 Å². The van der Waals surface area contributed by atoms with Gasteiger partial charge in [0.15, 0.2) is 0 Å². The molecule has 2 heteroatoms. The van der Waals surface area contributed by atoms with E-state index in [1.165, 1.54) is 36.6 Å². The molecule has 1 N–H and O–H groups in total. The zero-order valence-electron chi connectivity index (χ0n) is 13.5. The lowest BCUT2D eigenvalue weighted by Crippen LogP contribution is -2.26. The Morgan fingerprint density at radius 2 is 2.10 bits per heavy atom. The van der Waals surface area contributed by atoms with Gasteiger partial charge in [0.2, 0.25) is 0 Å². The summed E-state index contributed by atoms with van der Waals surface area (Å²) in [5, 5.41) is 4.90. The van der Waals surface area contributed by atoms with Crippen molar-refractivity contribution in [1.82, 2.24) is 5.32 Å². The molecule has 1 aromatic heterocycles. The van der Waals surface area contributed by atoms with E-state index in [2.05, 4.69) is 50.4 Å². The molecule has 3 atom stereocenters. The topological polar surface area (TPSA) is 25.2 Å². The highest BCUT2D eigenvalue weighted by Gasteiger charge is 2.32.